The van der Waals surface area contributed by atoms with E-state index < -0.39 is 29.9 Å². The molecule has 2 amide bonds. The number of aromatic amines is 1. The molecule has 36 heavy (non-hydrogen) atoms. The number of hydrogen-bond donors (Lipinski definition) is 3. The van der Waals surface area contributed by atoms with Gasteiger partial charge in [0.25, 0.3) is 11.8 Å². The summed E-state index contributed by atoms with van der Waals surface area (Å²) in [5, 5.41) is 13.1. The van der Waals surface area contributed by atoms with Crippen LogP contribution in [-0.2, 0) is 0 Å². The lowest BCUT2D eigenvalue weighted by Gasteiger charge is -2.16. The highest BCUT2D eigenvalue weighted by molar-refractivity contribution is 7.17. The van der Waals surface area contributed by atoms with Crippen molar-refractivity contribution in [3.05, 3.63) is 64.0 Å². The predicted octanol–water partition coefficient (Wildman–Crippen LogP) is 4.88. The van der Waals surface area contributed by atoms with Crippen LogP contribution >= 0.6 is 11.3 Å². The molecule has 2 aromatic carbocycles. The molecule has 0 saturated heterocycles. The normalized spacial score (nSPS) is 12.4. The Kier molecular flexibility index (Phi) is 6.67. The minimum absolute atomic E-state index is 0.163. The number of ether oxygens (including phenoxy) is 1. The van der Waals surface area contributed by atoms with Crippen molar-refractivity contribution in [2.24, 2.45) is 0 Å². The van der Waals surface area contributed by atoms with Crippen LogP contribution in [-0.4, -0.2) is 40.4 Å². The fourth-order valence-electron chi connectivity index (χ4n) is 3.57. The Morgan fingerprint density at radius 2 is 1.89 bits per heavy atom. The molecule has 0 aliphatic rings. The minimum Gasteiger partial charge on any atom is -0.406 e. The lowest BCUT2D eigenvalue weighted by atomic mass is 10.1. The number of aromatic nitrogens is 3. The number of nitrogens with zero attached hydrogens (tertiary/aromatic N) is 2. The predicted molar refractivity (Wildman–Crippen MR) is 124 cm³/mol. The van der Waals surface area contributed by atoms with E-state index in [9.17, 15) is 27.2 Å². The van der Waals surface area contributed by atoms with E-state index >= 15 is 0 Å². The van der Waals surface area contributed by atoms with Crippen molar-refractivity contribution in [3.63, 3.8) is 0 Å². The van der Waals surface area contributed by atoms with E-state index in [1.807, 2.05) is 0 Å². The number of H-pyrrole nitrogens is 1. The smallest absolute Gasteiger partial charge is 0.406 e. The van der Waals surface area contributed by atoms with Gasteiger partial charge in [-0.15, -0.1) is 24.5 Å². The molecule has 0 aliphatic carbocycles. The van der Waals surface area contributed by atoms with E-state index in [0.29, 0.717) is 27.2 Å². The molecule has 0 spiro atoms. The lowest BCUT2D eigenvalue weighted by Crippen LogP contribution is -2.27. The Balaban J connectivity index is 1.55. The van der Waals surface area contributed by atoms with Crippen LogP contribution in [0.1, 0.15) is 44.4 Å². The summed E-state index contributed by atoms with van der Waals surface area (Å²) in [6.45, 7) is 3.08. The van der Waals surface area contributed by atoms with Gasteiger partial charge in [0, 0.05) is 23.6 Å². The van der Waals surface area contributed by atoms with Crippen molar-refractivity contribution in [2.75, 3.05) is 7.05 Å². The molecule has 1 atom stereocenters. The zero-order valence-corrected chi connectivity index (χ0v) is 19.9. The Bertz CT molecular complexity index is 1460. The maximum atomic E-state index is 14.3. The van der Waals surface area contributed by atoms with E-state index in [1.54, 1.807) is 25.1 Å². The number of hydrogen-bond acceptors (Lipinski definition) is 6. The van der Waals surface area contributed by atoms with Crippen molar-refractivity contribution in [1.29, 1.82) is 0 Å². The average Bonchev–Trinajstić information content (AvgIpc) is 3.42. The van der Waals surface area contributed by atoms with Crippen LogP contribution in [0, 0.1) is 12.7 Å². The summed E-state index contributed by atoms with van der Waals surface area (Å²) in [6.07, 6.45) is -4.93. The second kappa shape index (κ2) is 9.57. The highest BCUT2D eigenvalue weighted by Crippen LogP contribution is 2.32. The number of amides is 2. The molecule has 2 heterocycles. The van der Waals surface area contributed by atoms with Crippen molar-refractivity contribution in [2.45, 2.75) is 26.3 Å². The van der Waals surface area contributed by atoms with Crippen LogP contribution < -0.4 is 15.4 Å². The van der Waals surface area contributed by atoms with E-state index in [2.05, 4.69) is 30.6 Å². The van der Waals surface area contributed by atoms with Gasteiger partial charge in [0.2, 0.25) is 0 Å². The number of benzene rings is 2. The van der Waals surface area contributed by atoms with Crippen molar-refractivity contribution in [3.8, 4) is 16.3 Å². The highest BCUT2D eigenvalue weighted by atomic mass is 32.1. The molecule has 0 fully saturated rings. The molecule has 0 radical (unpaired) electrons. The SMILES string of the molecule is CNC(=O)c1n[nH]c2cc(-c3nc(C)c(C(=O)NC(C)c4cc(OC(F)(F)F)ccc4F)s3)ccc12. The van der Waals surface area contributed by atoms with Gasteiger partial charge in [0.1, 0.15) is 21.5 Å². The summed E-state index contributed by atoms with van der Waals surface area (Å²) in [5.74, 6) is -2.28. The van der Waals surface area contributed by atoms with Crippen LogP contribution in [0.4, 0.5) is 17.6 Å². The van der Waals surface area contributed by atoms with Gasteiger partial charge in [-0.2, -0.15) is 5.10 Å². The maximum absolute atomic E-state index is 14.3. The van der Waals surface area contributed by atoms with Gasteiger partial charge < -0.3 is 15.4 Å². The number of carbonyl (C=O) groups is 2. The number of fused-ring (bicyclic) bond motifs is 1. The molecule has 0 aliphatic heterocycles. The van der Waals surface area contributed by atoms with E-state index in [0.717, 1.165) is 29.5 Å². The molecule has 8 nitrogen and oxygen atoms in total. The van der Waals surface area contributed by atoms with Gasteiger partial charge in [-0.1, -0.05) is 6.07 Å². The first-order valence-electron chi connectivity index (χ1n) is 10.5. The molecule has 2 aromatic heterocycles. The highest BCUT2D eigenvalue weighted by Gasteiger charge is 2.31. The third-order valence-corrected chi connectivity index (χ3v) is 6.48. The van der Waals surface area contributed by atoms with Crippen LogP contribution in [0.3, 0.4) is 0 Å². The Labute approximate surface area is 205 Å². The van der Waals surface area contributed by atoms with Crippen molar-refractivity contribution in [1.82, 2.24) is 25.8 Å². The monoisotopic (exact) mass is 521 g/mol. The first-order chi connectivity index (χ1) is 17.0. The number of nitrogens with one attached hydrogen (secondary N) is 3. The van der Waals surface area contributed by atoms with E-state index in [4.69, 9.17) is 0 Å². The molecule has 13 heteroatoms. The number of halogens is 4. The zero-order valence-electron chi connectivity index (χ0n) is 19.1. The summed E-state index contributed by atoms with van der Waals surface area (Å²) in [5.41, 5.74) is 1.79. The Morgan fingerprint density at radius 3 is 2.58 bits per heavy atom. The van der Waals surface area contributed by atoms with Crippen molar-refractivity contribution < 1.29 is 31.9 Å². The summed E-state index contributed by atoms with van der Waals surface area (Å²) in [7, 11) is 1.50. The topological polar surface area (TPSA) is 109 Å². The number of thiazole rings is 1. The molecule has 4 rings (SSSR count). The fraction of sp³-hybridized carbons (Fsp3) is 0.217. The van der Waals surface area contributed by atoms with E-state index in [-0.39, 0.29) is 22.0 Å². The van der Waals surface area contributed by atoms with Gasteiger partial charge in [-0.3, -0.25) is 14.7 Å². The summed E-state index contributed by atoms with van der Waals surface area (Å²) >= 11 is 1.10. The lowest BCUT2D eigenvalue weighted by molar-refractivity contribution is -0.274. The van der Waals surface area contributed by atoms with Gasteiger partial charge in [0.15, 0.2) is 5.69 Å². The van der Waals surface area contributed by atoms with Crippen molar-refractivity contribution >= 4 is 34.1 Å². The molecule has 0 saturated carbocycles. The number of carbonyl (C=O) groups excluding carboxylic acids is 2. The number of alkyl halides is 3. The maximum Gasteiger partial charge on any atom is 0.573 e. The second-order valence-corrected chi connectivity index (χ2v) is 8.77. The average molecular weight is 521 g/mol. The Hall–Kier alpha value is -4.00. The molecular weight excluding hydrogens is 502 g/mol. The number of rotatable bonds is 6. The third kappa shape index (κ3) is 5.15. The van der Waals surface area contributed by atoms with Crippen LogP contribution in [0.15, 0.2) is 36.4 Å². The third-order valence-electron chi connectivity index (χ3n) is 5.27. The molecule has 3 N–H and O–H groups in total. The molecule has 1 unspecified atom stereocenters. The summed E-state index contributed by atoms with van der Waals surface area (Å²) in [6, 6.07) is 6.85. The van der Waals surface area contributed by atoms with E-state index in [1.165, 1.54) is 14.0 Å². The largest absolute Gasteiger partial charge is 0.573 e. The number of aryl methyl sites for hydroxylation is 1. The quantitative estimate of drug-likeness (QED) is 0.313. The van der Waals surface area contributed by atoms with Gasteiger partial charge in [-0.05, 0) is 44.2 Å². The van der Waals surface area contributed by atoms with Gasteiger partial charge in [0.05, 0.1) is 17.3 Å². The summed E-state index contributed by atoms with van der Waals surface area (Å²) in [4.78, 5) is 29.5. The Morgan fingerprint density at radius 1 is 1.14 bits per heavy atom. The first kappa shape index (κ1) is 25.1. The molecular formula is C23H19F4N5O3S. The minimum atomic E-state index is -4.93. The van der Waals surface area contributed by atoms with Gasteiger partial charge >= 0.3 is 6.36 Å². The summed E-state index contributed by atoms with van der Waals surface area (Å²) < 4.78 is 55.7. The van der Waals surface area contributed by atoms with Crippen LogP contribution in [0.5, 0.6) is 5.75 Å². The molecule has 4 aromatic rings. The fourth-order valence-corrected chi connectivity index (χ4v) is 4.53. The van der Waals surface area contributed by atoms with Crippen LogP contribution in [0.25, 0.3) is 21.5 Å². The standard InChI is InChI=1S/C23H19F4N5O3S/c1-10(15-9-13(5-7-16(15)24)35-23(25,26)27)29-21(34)19-11(2)30-22(36-19)12-4-6-14-17(8-12)31-32-18(14)20(33)28-3/h4-10H,1-3H3,(H,28,33)(H,29,34)(H,31,32). The molecule has 0 bridgehead atoms. The second-order valence-electron chi connectivity index (χ2n) is 7.77. The first-order valence-corrected chi connectivity index (χ1v) is 11.3. The van der Waals surface area contributed by atoms with Gasteiger partial charge in [-0.25, -0.2) is 9.37 Å². The van der Waals surface area contributed by atoms with Crippen LogP contribution in [0.2, 0.25) is 0 Å². The zero-order chi connectivity index (χ0) is 26.2. The molecule has 188 valence electrons.